The molecule has 1 aromatic carbocycles. The quantitative estimate of drug-likeness (QED) is 0.494. The van der Waals surface area contributed by atoms with Gasteiger partial charge in [-0.1, -0.05) is 0 Å². The summed E-state index contributed by atoms with van der Waals surface area (Å²) in [4.78, 5) is 49.7. The summed E-state index contributed by atoms with van der Waals surface area (Å²) in [5, 5.41) is 12.6. The minimum atomic E-state index is -5.08. The van der Waals surface area contributed by atoms with Crippen LogP contribution in [-0.4, -0.2) is 79.4 Å². The monoisotopic (exact) mass is 518 g/mol. The molecule has 3 N–H and O–H groups in total. The molecular formula is C23H33F3N4O6. The fourth-order valence-corrected chi connectivity index (χ4v) is 3.32. The molecule has 3 amide bonds. The first-order valence-electron chi connectivity index (χ1n) is 11.2. The van der Waals surface area contributed by atoms with Gasteiger partial charge < -0.3 is 30.3 Å². The molecule has 0 unspecified atom stereocenters. The molecule has 1 aromatic rings. The predicted molar refractivity (Wildman–Crippen MR) is 127 cm³/mol. The number of carbonyl (C=O) groups is 4. The average molecular weight is 519 g/mol. The Labute approximate surface area is 207 Å². The van der Waals surface area contributed by atoms with Crippen molar-refractivity contribution in [3.63, 3.8) is 0 Å². The molecule has 0 spiro atoms. The molecule has 202 valence electrons. The van der Waals surface area contributed by atoms with Crippen LogP contribution in [0.3, 0.4) is 0 Å². The van der Waals surface area contributed by atoms with Crippen molar-refractivity contribution in [2.24, 2.45) is 5.92 Å². The maximum atomic E-state index is 12.9. The maximum absolute atomic E-state index is 12.9. The second-order valence-corrected chi connectivity index (χ2v) is 8.77. The highest BCUT2D eigenvalue weighted by Crippen LogP contribution is 2.22. The Morgan fingerprint density at radius 1 is 1.08 bits per heavy atom. The van der Waals surface area contributed by atoms with Gasteiger partial charge in [-0.15, -0.1) is 0 Å². The number of carbonyl (C=O) groups excluding carboxylic acids is 3. The summed E-state index contributed by atoms with van der Waals surface area (Å²) >= 11 is 0. The lowest BCUT2D eigenvalue weighted by Crippen LogP contribution is -2.58. The minimum absolute atomic E-state index is 0.163. The summed E-state index contributed by atoms with van der Waals surface area (Å²) in [5.74, 6) is -3.29. The number of carboxylic acids is 1. The summed E-state index contributed by atoms with van der Waals surface area (Å²) in [6.07, 6.45) is -3.93. The molecule has 0 aromatic heterocycles. The molecule has 2 rings (SSSR count). The summed E-state index contributed by atoms with van der Waals surface area (Å²) < 4.78 is 36.8. The van der Waals surface area contributed by atoms with Gasteiger partial charge in [0.05, 0.1) is 12.5 Å². The number of nitrogens with zero attached hydrogens (tertiary/aromatic N) is 2. The molecule has 1 aliphatic heterocycles. The van der Waals surface area contributed by atoms with E-state index in [1.165, 1.54) is 0 Å². The van der Waals surface area contributed by atoms with Crippen molar-refractivity contribution in [1.29, 1.82) is 0 Å². The highest BCUT2D eigenvalue weighted by atomic mass is 19.4. The number of carboxylic acid groups (broad SMARTS) is 1. The van der Waals surface area contributed by atoms with Crippen LogP contribution >= 0.6 is 0 Å². The lowest BCUT2D eigenvalue weighted by Gasteiger charge is -2.36. The number of alkyl halides is 3. The molecule has 0 aliphatic carbocycles. The van der Waals surface area contributed by atoms with Crippen molar-refractivity contribution >= 4 is 35.3 Å². The van der Waals surface area contributed by atoms with Gasteiger partial charge in [0.1, 0.15) is 5.54 Å². The zero-order valence-corrected chi connectivity index (χ0v) is 20.9. The van der Waals surface area contributed by atoms with E-state index in [2.05, 4.69) is 10.6 Å². The number of piperidine rings is 1. The second-order valence-electron chi connectivity index (χ2n) is 8.77. The summed E-state index contributed by atoms with van der Waals surface area (Å²) in [6, 6.07) is 6.98. The van der Waals surface area contributed by atoms with Crippen LogP contribution in [0.2, 0.25) is 0 Å². The Morgan fingerprint density at radius 3 is 2.00 bits per heavy atom. The summed E-state index contributed by atoms with van der Waals surface area (Å²) in [5.41, 5.74) is 0.606. The van der Waals surface area contributed by atoms with E-state index in [9.17, 15) is 27.6 Å². The van der Waals surface area contributed by atoms with Gasteiger partial charge in [0.25, 0.3) is 0 Å². The third-order valence-electron chi connectivity index (χ3n) is 5.25. The zero-order chi connectivity index (χ0) is 27.7. The molecule has 1 fully saturated rings. The SMILES string of the molecule is CCOC(=O)C1CCN(C(=O)C(C)(C)NC(=O)Nc2ccc(N(C)C)cc2)CC1.O=C(O)C(F)(F)F. The van der Waals surface area contributed by atoms with Crippen molar-refractivity contribution in [3.8, 4) is 0 Å². The van der Waals surface area contributed by atoms with Crippen LogP contribution in [0.15, 0.2) is 24.3 Å². The summed E-state index contributed by atoms with van der Waals surface area (Å²) in [7, 11) is 3.89. The van der Waals surface area contributed by atoms with Gasteiger partial charge in [-0.3, -0.25) is 9.59 Å². The van der Waals surface area contributed by atoms with Crippen LogP contribution in [0.5, 0.6) is 0 Å². The highest BCUT2D eigenvalue weighted by molar-refractivity contribution is 5.95. The number of anilines is 2. The third-order valence-corrected chi connectivity index (χ3v) is 5.25. The largest absolute Gasteiger partial charge is 0.490 e. The second kappa shape index (κ2) is 13.0. The number of nitrogens with one attached hydrogen (secondary N) is 2. The smallest absolute Gasteiger partial charge is 0.475 e. The standard InChI is InChI=1S/C21H32N4O4.C2HF3O2/c1-6-29-18(26)15-11-13-25(14-12-15)19(27)21(2,3)23-20(28)22-16-7-9-17(10-8-16)24(4)5;3-2(4,5)1(6)7/h7-10,15H,6,11-14H2,1-5H3,(H2,22,23,28);(H,6,7). The molecule has 1 saturated heterocycles. The zero-order valence-electron chi connectivity index (χ0n) is 20.9. The number of likely N-dealkylation sites (tertiary alicyclic amines) is 1. The van der Waals surface area contributed by atoms with E-state index < -0.39 is 23.7 Å². The van der Waals surface area contributed by atoms with Crippen molar-refractivity contribution in [1.82, 2.24) is 10.2 Å². The molecule has 36 heavy (non-hydrogen) atoms. The normalized spacial score (nSPS) is 14.2. The van der Waals surface area contributed by atoms with E-state index in [1.807, 2.05) is 43.3 Å². The number of halogens is 3. The van der Waals surface area contributed by atoms with E-state index in [0.29, 0.717) is 38.2 Å². The third kappa shape index (κ3) is 9.62. The Kier molecular flexibility index (Phi) is 11.0. The van der Waals surface area contributed by atoms with E-state index in [0.717, 1.165) is 5.69 Å². The topological polar surface area (TPSA) is 128 Å². The predicted octanol–water partition coefficient (Wildman–Crippen LogP) is 3.09. The van der Waals surface area contributed by atoms with E-state index in [-0.39, 0.29) is 17.8 Å². The van der Waals surface area contributed by atoms with Gasteiger partial charge in [-0.05, 0) is 57.9 Å². The van der Waals surface area contributed by atoms with Crippen LogP contribution < -0.4 is 15.5 Å². The lowest BCUT2D eigenvalue weighted by molar-refractivity contribution is -0.192. The van der Waals surface area contributed by atoms with Crippen LogP contribution in [0.1, 0.15) is 33.6 Å². The first kappa shape index (κ1) is 30.5. The van der Waals surface area contributed by atoms with Crippen LogP contribution in [-0.2, 0) is 19.1 Å². The van der Waals surface area contributed by atoms with Gasteiger partial charge in [0.2, 0.25) is 5.91 Å². The van der Waals surface area contributed by atoms with Crippen molar-refractivity contribution in [3.05, 3.63) is 24.3 Å². The molecule has 0 bridgehead atoms. The van der Waals surface area contributed by atoms with Crippen molar-refractivity contribution in [2.45, 2.75) is 45.3 Å². The van der Waals surface area contributed by atoms with Gasteiger partial charge in [-0.2, -0.15) is 13.2 Å². The van der Waals surface area contributed by atoms with E-state index >= 15 is 0 Å². The molecule has 1 aliphatic rings. The van der Waals surface area contributed by atoms with Gasteiger partial charge in [0, 0.05) is 38.6 Å². The maximum Gasteiger partial charge on any atom is 0.490 e. The number of aliphatic carboxylic acids is 1. The fraction of sp³-hybridized carbons (Fsp3) is 0.565. The van der Waals surface area contributed by atoms with Gasteiger partial charge in [-0.25, -0.2) is 9.59 Å². The molecule has 1 heterocycles. The lowest BCUT2D eigenvalue weighted by atomic mass is 9.94. The Balaban J connectivity index is 0.000000809. The number of urea groups is 1. The highest BCUT2D eigenvalue weighted by Gasteiger charge is 2.38. The number of hydrogen-bond acceptors (Lipinski definition) is 6. The molecule has 13 heteroatoms. The number of rotatable bonds is 6. The van der Waals surface area contributed by atoms with Crippen molar-refractivity contribution < 1.29 is 42.2 Å². The average Bonchev–Trinajstić information content (AvgIpc) is 2.78. The number of hydrogen-bond donors (Lipinski definition) is 3. The van der Waals surface area contributed by atoms with Gasteiger partial charge in [0.15, 0.2) is 0 Å². The summed E-state index contributed by atoms with van der Waals surface area (Å²) in [6.45, 7) is 6.46. The molecule has 0 radical (unpaired) electrons. The van der Waals surface area contributed by atoms with Crippen LogP contribution in [0.25, 0.3) is 0 Å². The molecular weight excluding hydrogens is 485 g/mol. The van der Waals surface area contributed by atoms with Crippen LogP contribution in [0, 0.1) is 5.92 Å². The first-order valence-corrected chi connectivity index (χ1v) is 11.2. The number of amides is 3. The van der Waals surface area contributed by atoms with Crippen molar-refractivity contribution in [2.75, 3.05) is 44.0 Å². The fourth-order valence-electron chi connectivity index (χ4n) is 3.32. The Bertz CT molecular complexity index is 911. The minimum Gasteiger partial charge on any atom is -0.475 e. The molecule has 0 saturated carbocycles. The number of benzene rings is 1. The van der Waals surface area contributed by atoms with E-state index in [1.54, 1.807) is 25.7 Å². The Morgan fingerprint density at radius 2 is 1.58 bits per heavy atom. The molecule has 0 atom stereocenters. The Hall–Kier alpha value is -3.51. The van der Waals surface area contributed by atoms with Crippen LogP contribution in [0.4, 0.5) is 29.3 Å². The number of ether oxygens (including phenoxy) is 1. The first-order chi connectivity index (χ1) is 16.6. The number of esters is 1. The van der Waals surface area contributed by atoms with E-state index in [4.69, 9.17) is 14.6 Å². The molecule has 10 nitrogen and oxygen atoms in total. The van der Waals surface area contributed by atoms with Gasteiger partial charge >= 0.3 is 24.1 Å².